The van der Waals surface area contributed by atoms with Crippen LogP contribution in [0.2, 0.25) is 0 Å². The maximum atomic E-state index is 11.9. The zero-order valence-electron chi connectivity index (χ0n) is 9.21. The van der Waals surface area contributed by atoms with E-state index in [1.54, 1.807) is 13.8 Å². The lowest BCUT2D eigenvalue weighted by atomic mass is 10.1. The Morgan fingerprint density at radius 3 is 2.27 bits per heavy atom. The summed E-state index contributed by atoms with van der Waals surface area (Å²) in [6, 6.07) is 0. The predicted molar refractivity (Wildman–Crippen MR) is 60.3 cm³/mol. The standard InChI is InChI=1S/C9H19N3O2S/c1-9(2,8(10)11)12-15(13,14)7-5-3-4-6-7/h7,12H,3-6H2,1-2H3,(H3,10,11). The maximum absolute atomic E-state index is 11.9. The molecule has 0 aromatic heterocycles. The minimum absolute atomic E-state index is 0.163. The Balaban J connectivity index is 2.76. The van der Waals surface area contributed by atoms with Crippen LogP contribution in [0, 0.1) is 5.41 Å². The molecule has 1 fully saturated rings. The second kappa shape index (κ2) is 4.09. The van der Waals surface area contributed by atoms with Gasteiger partial charge in [-0.1, -0.05) is 12.8 Å². The molecule has 0 amide bonds. The fourth-order valence-electron chi connectivity index (χ4n) is 1.69. The van der Waals surface area contributed by atoms with Crippen molar-refractivity contribution in [3.05, 3.63) is 0 Å². The molecule has 0 aliphatic heterocycles. The summed E-state index contributed by atoms with van der Waals surface area (Å²) in [6.45, 7) is 3.20. The van der Waals surface area contributed by atoms with Gasteiger partial charge in [0.15, 0.2) is 0 Å². The van der Waals surface area contributed by atoms with Gasteiger partial charge < -0.3 is 5.73 Å². The van der Waals surface area contributed by atoms with Crippen molar-refractivity contribution >= 4 is 15.9 Å². The number of rotatable bonds is 4. The van der Waals surface area contributed by atoms with Crippen molar-refractivity contribution in [2.24, 2.45) is 5.73 Å². The summed E-state index contributed by atoms with van der Waals surface area (Å²) in [5.74, 6) is -0.163. The first kappa shape index (κ1) is 12.4. The zero-order valence-corrected chi connectivity index (χ0v) is 10.0. The van der Waals surface area contributed by atoms with Crippen molar-refractivity contribution in [2.75, 3.05) is 0 Å². The molecule has 0 unspecified atom stereocenters. The number of hydrogen-bond acceptors (Lipinski definition) is 3. The van der Waals surface area contributed by atoms with Crippen LogP contribution < -0.4 is 10.5 Å². The number of amidine groups is 1. The van der Waals surface area contributed by atoms with Crippen LogP contribution in [0.1, 0.15) is 39.5 Å². The molecule has 0 saturated heterocycles. The fraction of sp³-hybridized carbons (Fsp3) is 0.889. The van der Waals surface area contributed by atoms with Crippen molar-refractivity contribution in [2.45, 2.75) is 50.3 Å². The highest BCUT2D eigenvalue weighted by molar-refractivity contribution is 7.90. The summed E-state index contributed by atoms with van der Waals surface area (Å²) >= 11 is 0. The van der Waals surface area contributed by atoms with E-state index in [1.165, 1.54) is 0 Å². The van der Waals surface area contributed by atoms with Crippen LogP contribution in [0.25, 0.3) is 0 Å². The molecule has 0 bridgehead atoms. The first-order chi connectivity index (χ1) is 6.76. The van der Waals surface area contributed by atoms with Gasteiger partial charge in [0, 0.05) is 0 Å². The van der Waals surface area contributed by atoms with E-state index in [9.17, 15) is 8.42 Å². The third kappa shape index (κ3) is 2.92. The molecule has 1 aliphatic carbocycles. The van der Waals surface area contributed by atoms with Crippen LogP contribution in [-0.4, -0.2) is 25.0 Å². The molecule has 1 rings (SSSR count). The molecule has 15 heavy (non-hydrogen) atoms. The quantitative estimate of drug-likeness (QED) is 0.489. The average molecular weight is 233 g/mol. The molecule has 6 heteroatoms. The molecule has 0 atom stereocenters. The Morgan fingerprint density at radius 2 is 1.87 bits per heavy atom. The first-order valence-corrected chi connectivity index (χ1v) is 6.67. The van der Waals surface area contributed by atoms with Crippen molar-refractivity contribution < 1.29 is 8.42 Å². The molecule has 88 valence electrons. The lowest BCUT2D eigenvalue weighted by Crippen LogP contribution is -2.54. The van der Waals surface area contributed by atoms with E-state index in [0.29, 0.717) is 12.8 Å². The summed E-state index contributed by atoms with van der Waals surface area (Å²) in [5, 5.41) is 6.99. The van der Waals surface area contributed by atoms with Gasteiger partial charge in [0.1, 0.15) is 5.84 Å². The monoisotopic (exact) mass is 233 g/mol. The number of hydrogen-bond donors (Lipinski definition) is 3. The van der Waals surface area contributed by atoms with Gasteiger partial charge in [-0.05, 0) is 26.7 Å². The normalized spacial score (nSPS) is 19.3. The fourth-order valence-corrected chi connectivity index (χ4v) is 3.63. The van der Waals surface area contributed by atoms with Crippen molar-refractivity contribution in [3.63, 3.8) is 0 Å². The summed E-state index contributed by atoms with van der Waals surface area (Å²) in [6.07, 6.45) is 3.35. The van der Waals surface area contributed by atoms with Gasteiger partial charge in [-0.15, -0.1) is 0 Å². The Morgan fingerprint density at radius 1 is 1.40 bits per heavy atom. The third-order valence-corrected chi connectivity index (χ3v) is 4.96. The summed E-state index contributed by atoms with van der Waals surface area (Å²) in [5.41, 5.74) is 4.35. The number of sulfonamides is 1. The van der Waals surface area contributed by atoms with Gasteiger partial charge >= 0.3 is 0 Å². The molecule has 0 heterocycles. The van der Waals surface area contributed by atoms with Crippen LogP contribution in [0.5, 0.6) is 0 Å². The highest BCUT2D eigenvalue weighted by Crippen LogP contribution is 2.25. The Kier molecular flexibility index (Phi) is 3.40. The Hall–Kier alpha value is -0.620. The maximum Gasteiger partial charge on any atom is 0.215 e. The summed E-state index contributed by atoms with van der Waals surface area (Å²) < 4.78 is 26.3. The number of nitrogens with one attached hydrogen (secondary N) is 2. The second-order valence-corrected chi connectivity index (χ2v) is 6.55. The highest BCUT2D eigenvalue weighted by atomic mass is 32.2. The molecule has 0 aromatic carbocycles. The summed E-state index contributed by atoms with van der Waals surface area (Å²) in [7, 11) is -3.33. The topological polar surface area (TPSA) is 96.0 Å². The SMILES string of the molecule is CC(C)(NS(=O)(=O)C1CCCC1)C(=N)N. The first-order valence-electron chi connectivity index (χ1n) is 5.13. The van der Waals surface area contributed by atoms with Crippen LogP contribution in [0.3, 0.4) is 0 Å². The van der Waals surface area contributed by atoms with Gasteiger partial charge in [0.2, 0.25) is 10.0 Å². The molecule has 1 aliphatic rings. The number of nitrogens with two attached hydrogens (primary N) is 1. The average Bonchev–Trinajstić information content (AvgIpc) is 2.53. The van der Waals surface area contributed by atoms with E-state index in [2.05, 4.69) is 4.72 Å². The molecular formula is C9H19N3O2S. The van der Waals surface area contributed by atoms with Crippen molar-refractivity contribution in [1.29, 1.82) is 5.41 Å². The second-order valence-electron chi connectivity index (χ2n) is 4.59. The van der Waals surface area contributed by atoms with E-state index >= 15 is 0 Å². The van der Waals surface area contributed by atoms with Gasteiger partial charge in [-0.25, -0.2) is 13.1 Å². The minimum Gasteiger partial charge on any atom is -0.386 e. The molecule has 0 aromatic rings. The largest absolute Gasteiger partial charge is 0.386 e. The van der Waals surface area contributed by atoms with Crippen LogP contribution >= 0.6 is 0 Å². The van der Waals surface area contributed by atoms with E-state index in [4.69, 9.17) is 11.1 Å². The lowest BCUT2D eigenvalue weighted by Gasteiger charge is -2.26. The minimum atomic E-state index is -3.33. The molecule has 4 N–H and O–H groups in total. The molecule has 0 radical (unpaired) electrons. The molecule has 1 saturated carbocycles. The molecular weight excluding hydrogens is 214 g/mol. The third-order valence-electron chi connectivity index (χ3n) is 2.81. The van der Waals surface area contributed by atoms with Gasteiger partial charge in [0.05, 0.1) is 10.8 Å². The van der Waals surface area contributed by atoms with Crippen LogP contribution in [-0.2, 0) is 10.0 Å². The predicted octanol–water partition coefficient (Wildman–Crippen LogP) is 0.563. The van der Waals surface area contributed by atoms with E-state index in [-0.39, 0.29) is 11.1 Å². The van der Waals surface area contributed by atoms with Crippen LogP contribution in [0.4, 0.5) is 0 Å². The lowest BCUT2D eigenvalue weighted by molar-refractivity contribution is 0.528. The van der Waals surface area contributed by atoms with Gasteiger partial charge in [-0.2, -0.15) is 0 Å². The Labute approximate surface area is 91.0 Å². The van der Waals surface area contributed by atoms with Gasteiger partial charge in [0.25, 0.3) is 0 Å². The molecule has 0 spiro atoms. The van der Waals surface area contributed by atoms with E-state index in [1.807, 2.05) is 0 Å². The van der Waals surface area contributed by atoms with Crippen LogP contribution in [0.15, 0.2) is 0 Å². The Bertz CT molecular complexity index is 342. The van der Waals surface area contributed by atoms with E-state index < -0.39 is 15.6 Å². The highest BCUT2D eigenvalue weighted by Gasteiger charge is 2.34. The molecule has 5 nitrogen and oxygen atoms in total. The smallest absolute Gasteiger partial charge is 0.215 e. The van der Waals surface area contributed by atoms with Gasteiger partial charge in [-0.3, -0.25) is 5.41 Å². The van der Waals surface area contributed by atoms with Crippen molar-refractivity contribution in [1.82, 2.24) is 4.72 Å². The van der Waals surface area contributed by atoms with Crippen molar-refractivity contribution in [3.8, 4) is 0 Å². The van der Waals surface area contributed by atoms with E-state index in [0.717, 1.165) is 12.8 Å². The zero-order chi connectivity index (χ0) is 11.7. The summed E-state index contributed by atoms with van der Waals surface area (Å²) in [4.78, 5) is 0.